The van der Waals surface area contributed by atoms with Crippen LogP contribution >= 0.6 is 0 Å². The van der Waals surface area contributed by atoms with Gasteiger partial charge in [-0.15, -0.1) is 0 Å². The van der Waals surface area contributed by atoms with Crippen LogP contribution in [0.1, 0.15) is 27.0 Å². The normalized spacial score (nSPS) is 10.4. The lowest BCUT2D eigenvalue weighted by molar-refractivity contribution is 0.101. The van der Waals surface area contributed by atoms with Gasteiger partial charge in [-0.1, -0.05) is 30.3 Å². The van der Waals surface area contributed by atoms with Crippen LogP contribution in [0.3, 0.4) is 0 Å². The van der Waals surface area contributed by atoms with Gasteiger partial charge in [-0.3, -0.25) is 10.2 Å². The molecular weight excluding hydrogens is 388 g/mol. The summed E-state index contributed by atoms with van der Waals surface area (Å²) in [6, 6.07) is 14.3. The van der Waals surface area contributed by atoms with Gasteiger partial charge in [0, 0.05) is 41.5 Å². The largest absolute Gasteiger partial charge is 0.398 e. The molecule has 6 N–H and O–H groups in total. The number of hydrogen-bond donors (Lipinski definition) is 5. The van der Waals surface area contributed by atoms with Gasteiger partial charge in [-0.2, -0.15) is 0 Å². The SMILES string of the molecule is CNc1cc(F)c(C(=O)Nc2ccc(N)c(C(=N)c3ccccc3)c2)c(F)c1C=N. The van der Waals surface area contributed by atoms with E-state index >= 15 is 0 Å². The molecule has 0 atom stereocenters. The Labute approximate surface area is 171 Å². The van der Waals surface area contributed by atoms with Crippen molar-refractivity contribution in [3.05, 3.63) is 88.5 Å². The van der Waals surface area contributed by atoms with Gasteiger partial charge in [0.25, 0.3) is 5.91 Å². The smallest absolute Gasteiger partial charge is 0.261 e. The first-order chi connectivity index (χ1) is 14.4. The van der Waals surface area contributed by atoms with Crippen LogP contribution in [0.5, 0.6) is 0 Å². The van der Waals surface area contributed by atoms with Crippen LogP contribution in [0.4, 0.5) is 25.8 Å². The number of hydrogen-bond acceptors (Lipinski definition) is 5. The third-order valence-electron chi connectivity index (χ3n) is 4.54. The summed E-state index contributed by atoms with van der Waals surface area (Å²) in [7, 11) is 1.46. The van der Waals surface area contributed by atoms with Crippen LogP contribution in [0.25, 0.3) is 0 Å². The molecule has 0 aliphatic carbocycles. The summed E-state index contributed by atoms with van der Waals surface area (Å²) in [6.07, 6.45) is 0.708. The summed E-state index contributed by atoms with van der Waals surface area (Å²) < 4.78 is 29.1. The highest BCUT2D eigenvalue weighted by molar-refractivity contribution is 6.15. The molecular formula is C22H19F2N5O. The molecule has 0 bridgehead atoms. The number of nitrogen functional groups attached to an aromatic ring is 1. The summed E-state index contributed by atoms with van der Waals surface area (Å²) in [5.41, 5.74) is 6.69. The van der Waals surface area contributed by atoms with E-state index in [2.05, 4.69) is 10.6 Å². The summed E-state index contributed by atoms with van der Waals surface area (Å²) in [5, 5.41) is 20.7. The zero-order valence-electron chi connectivity index (χ0n) is 16.0. The Morgan fingerprint density at radius 3 is 2.43 bits per heavy atom. The van der Waals surface area contributed by atoms with Crippen LogP contribution < -0.4 is 16.4 Å². The van der Waals surface area contributed by atoms with Crippen molar-refractivity contribution >= 4 is 34.9 Å². The summed E-state index contributed by atoms with van der Waals surface area (Å²) in [5.74, 6) is -3.22. The van der Waals surface area contributed by atoms with Gasteiger partial charge in [-0.05, 0) is 24.3 Å². The number of amides is 1. The summed E-state index contributed by atoms with van der Waals surface area (Å²) >= 11 is 0. The minimum absolute atomic E-state index is 0.0580. The number of nitrogens with two attached hydrogens (primary N) is 1. The number of nitrogens with one attached hydrogen (secondary N) is 4. The molecule has 0 spiro atoms. The van der Waals surface area contributed by atoms with E-state index in [1.165, 1.54) is 25.2 Å². The molecule has 0 heterocycles. The third kappa shape index (κ3) is 3.88. The maximum absolute atomic E-state index is 14.7. The predicted molar refractivity (Wildman–Crippen MR) is 115 cm³/mol. The number of carbonyl (C=O) groups is 1. The highest BCUT2D eigenvalue weighted by atomic mass is 19.1. The second-order valence-electron chi connectivity index (χ2n) is 6.40. The van der Waals surface area contributed by atoms with Gasteiger partial charge >= 0.3 is 0 Å². The lowest BCUT2D eigenvalue weighted by Crippen LogP contribution is -2.18. The monoisotopic (exact) mass is 407 g/mol. The van der Waals surface area contributed by atoms with Gasteiger partial charge in [0.2, 0.25) is 0 Å². The van der Waals surface area contributed by atoms with Crippen molar-refractivity contribution < 1.29 is 13.6 Å². The van der Waals surface area contributed by atoms with Gasteiger partial charge < -0.3 is 21.8 Å². The van der Waals surface area contributed by atoms with E-state index in [1.807, 2.05) is 6.07 Å². The Bertz CT molecular complexity index is 1150. The number of anilines is 3. The molecule has 152 valence electrons. The van der Waals surface area contributed by atoms with Crippen molar-refractivity contribution in [2.75, 3.05) is 23.4 Å². The van der Waals surface area contributed by atoms with E-state index in [0.29, 0.717) is 23.0 Å². The molecule has 0 unspecified atom stereocenters. The van der Waals surface area contributed by atoms with Crippen molar-refractivity contribution in [1.29, 1.82) is 10.8 Å². The molecule has 8 heteroatoms. The Hall–Kier alpha value is -4.07. The maximum atomic E-state index is 14.7. The first-order valence-corrected chi connectivity index (χ1v) is 8.92. The molecule has 3 aromatic carbocycles. The standard InChI is InChI=1S/C22H19F2N5O/c1-28-18-10-16(23)19(20(24)15(18)11-25)22(30)29-13-7-8-17(26)14(9-13)21(27)12-5-3-2-4-6-12/h2-11,25,27-28H,26H2,1H3,(H,29,30). The van der Waals surface area contributed by atoms with Gasteiger partial charge in [0.15, 0.2) is 0 Å². The summed E-state index contributed by atoms with van der Waals surface area (Å²) in [6.45, 7) is 0. The minimum Gasteiger partial charge on any atom is -0.398 e. The van der Waals surface area contributed by atoms with E-state index in [-0.39, 0.29) is 22.6 Å². The van der Waals surface area contributed by atoms with Crippen molar-refractivity contribution in [1.82, 2.24) is 0 Å². The first kappa shape index (κ1) is 20.7. The average Bonchev–Trinajstić information content (AvgIpc) is 2.74. The fourth-order valence-electron chi connectivity index (χ4n) is 2.99. The lowest BCUT2D eigenvalue weighted by Gasteiger charge is -2.14. The van der Waals surface area contributed by atoms with Crippen molar-refractivity contribution in [2.24, 2.45) is 0 Å². The molecule has 0 saturated carbocycles. The molecule has 3 aromatic rings. The molecule has 0 aliphatic rings. The van der Waals surface area contributed by atoms with Crippen molar-refractivity contribution in [2.45, 2.75) is 0 Å². The van der Waals surface area contributed by atoms with Gasteiger partial charge in [0.1, 0.15) is 17.2 Å². The molecule has 1 amide bonds. The molecule has 0 radical (unpaired) electrons. The zero-order chi connectivity index (χ0) is 21.8. The van der Waals surface area contributed by atoms with Crippen molar-refractivity contribution in [3.8, 4) is 0 Å². The number of carbonyl (C=O) groups excluding carboxylic acids is 1. The zero-order valence-corrected chi connectivity index (χ0v) is 16.0. The van der Waals surface area contributed by atoms with E-state index in [9.17, 15) is 13.6 Å². The molecule has 6 nitrogen and oxygen atoms in total. The number of halogens is 2. The van der Waals surface area contributed by atoms with Crippen molar-refractivity contribution in [3.63, 3.8) is 0 Å². The predicted octanol–water partition coefficient (Wildman–Crippen LogP) is 4.25. The Morgan fingerprint density at radius 2 is 1.80 bits per heavy atom. The van der Waals surface area contributed by atoms with E-state index in [0.717, 1.165) is 6.07 Å². The topological polar surface area (TPSA) is 115 Å². The average molecular weight is 407 g/mol. The molecule has 0 saturated heterocycles. The second-order valence-corrected chi connectivity index (χ2v) is 6.40. The maximum Gasteiger partial charge on any atom is 0.261 e. The van der Waals surface area contributed by atoms with Gasteiger partial charge in [0.05, 0.1) is 11.3 Å². The Kier molecular flexibility index (Phi) is 5.87. The van der Waals surface area contributed by atoms with Crippen LogP contribution in [0, 0.1) is 22.5 Å². The molecule has 3 rings (SSSR count). The van der Waals surface area contributed by atoms with E-state index < -0.39 is 23.1 Å². The van der Waals surface area contributed by atoms with Gasteiger partial charge in [-0.25, -0.2) is 8.78 Å². The quantitative estimate of drug-likeness (QED) is 0.311. The number of rotatable bonds is 6. The Balaban J connectivity index is 1.95. The molecule has 0 fully saturated rings. The van der Waals surface area contributed by atoms with Crippen LogP contribution in [0.15, 0.2) is 54.6 Å². The molecule has 0 aromatic heterocycles. The Morgan fingerprint density at radius 1 is 1.10 bits per heavy atom. The summed E-state index contributed by atoms with van der Waals surface area (Å²) in [4.78, 5) is 12.6. The highest BCUT2D eigenvalue weighted by Crippen LogP contribution is 2.26. The van der Waals surface area contributed by atoms with Crippen LogP contribution in [-0.4, -0.2) is 24.9 Å². The van der Waals surface area contributed by atoms with E-state index in [4.69, 9.17) is 16.6 Å². The fourth-order valence-corrected chi connectivity index (χ4v) is 2.99. The number of benzene rings is 3. The van der Waals surface area contributed by atoms with Crippen LogP contribution in [-0.2, 0) is 0 Å². The third-order valence-corrected chi connectivity index (χ3v) is 4.54. The fraction of sp³-hybridized carbons (Fsp3) is 0.0455. The van der Waals surface area contributed by atoms with E-state index in [1.54, 1.807) is 24.3 Å². The second kappa shape index (κ2) is 8.52. The minimum atomic E-state index is -1.14. The molecule has 30 heavy (non-hydrogen) atoms. The first-order valence-electron chi connectivity index (χ1n) is 8.92. The highest BCUT2D eigenvalue weighted by Gasteiger charge is 2.23. The molecule has 0 aliphatic heterocycles. The van der Waals surface area contributed by atoms with Crippen LogP contribution in [0.2, 0.25) is 0 Å². The lowest BCUT2D eigenvalue weighted by atomic mass is 10.00.